The molecule has 1 N–H and O–H groups in total. The Balaban J connectivity index is 1.69. The molecule has 3 rings (SSSR count). The van der Waals surface area contributed by atoms with E-state index in [4.69, 9.17) is 4.74 Å². The van der Waals surface area contributed by atoms with Gasteiger partial charge in [-0.3, -0.25) is 9.59 Å². The van der Waals surface area contributed by atoms with Gasteiger partial charge in [-0.25, -0.2) is 9.48 Å². The monoisotopic (exact) mass is 442 g/mol. The molecule has 8 nitrogen and oxygen atoms in total. The van der Waals surface area contributed by atoms with Crippen molar-refractivity contribution in [2.45, 2.75) is 72.2 Å². The molecule has 0 unspecified atom stereocenters. The summed E-state index contributed by atoms with van der Waals surface area (Å²) in [6.07, 6.45) is 1.86. The smallest absolute Gasteiger partial charge is 0.410 e. The Morgan fingerprint density at radius 1 is 1.22 bits per heavy atom. The Morgan fingerprint density at radius 3 is 2.56 bits per heavy atom. The lowest BCUT2D eigenvalue weighted by atomic mass is 9.90. The first-order valence-corrected chi connectivity index (χ1v) is 11.2. The number of rotatable bonds is 5. The molecule has 0 aliphatic carbocycles. The minimum atomic E-state index is -0.590. The molecule has 1 aliphatic rings. The van der Waals surface area contributed by atoms with Crippen LogP contribution in [0, 0.1) is 11.8 Å². The number of hydrogen-bond donors (Lipinski definition) is 1. The Kier molecular flexibility index (Phi) is 6.91. The van der Waals surface area contributed by atoms with Crippen LogP contribution >= 0.6 is 0 Å². The van der Waals surface area contributed by atoms with Crippen molar-refractivity contribution in [1.82, 2.24) is 20.0 Å². The van der Waals surface area contributed by atoms with E-state index in [9.17, 15) is 14.4 Å². The second-order valence-electron chi connectivity index (χ2n) is 9.93. The third kappa shape index (κ3) is 5.29. The summed E-state index contributed by atoms with van der Waals surface area (Å²) in [5, 5.41) is 8.66. The van der Waals surface area contributed by atoms with E-state index in [1.54, 1.807) is 17.2 Å². The van der Waals surface area contributed by atoms with Gasteiger partial charge in [0.15, 0.2) is 0 Å². The predicted molar refractivity (Wildman–Crippen MR) is 123 cm³/mol. The average Bonchev–Trinajstić information content (AvgIpc) is 3.15. The summed E-state index contributed by atoms with van der Waals surface area (Å²) in [5.41, 5.74) is -0.769. The van der Waals surface area contributed by atoms with Gasteiger partial charge in [-0.1, -0.05) is 32.0 Å². The molecule has 3 atom stereocenters. The zero-order valence-corrected chi connectivity index (χ0v) is 19.8. The Bertz CT molecular complexity index is 1040. The first-order valence-electron chi connectivity index (χ1n) is 11.2. The van der Waals surface area contributed by atoms with Crippen LogP contribution in [0.25, 0.3) is 10.8 Å². The number of carbonyl (C=O) groups excluding carboxylic acids is 2. The van der Waals surface area contributed by atoms with Crippen LogP contribution in [0.15, 0.2) is 35.3 Å². The van der Waals surface area contributed by atoms with E-state index in [0.29, 0.717) is 18.4 Å². The summed E-state index contributed by atoms with van der Waals surface area (Å²) in [7, 11) is 0. The molecule has 174 valence electrons. The van der Waals surface area contributed by atoms with Crippen molar-refractivity contribution >= 4 is 22.8 Å². The van der Waals surface area contributed by atoms with Gasteiger partial charge in [0.1, 0.15) is 5.60 Å². The van der Waals surface area contributed by atoms with Gasteiger partial charge in [-0.2, -0.15) is 5.10 Å². The van der Waals surface area contributed by atoms with Crippen molar-refractivity contribution in [3.8, 4) is 0 Å². The fourth-order valence-electron chi connectivity index (χ4n) is 4.37. The summed E-state index contributed by atoms with van der Waals surface area (Å²) in [6, 6.07) is 6.78. The van der Waals surface area contributed by atoms with Gasteiger partial charge in [0, 0.05) is 24.0 Å². The molecule has 1 aromatic carbocycles. The lowest BCUT2D eigenvalue weighted by molar-refractivity contribution is -0.126. The van der Waals surface area contributed by atoms with E-state index in [2.05, 4.69) is 10.4 Å². The van der Waals surface area contributed by atoms with Crippen LogP contribution in [0.1, 0.15) is 48.0 Å². The number of nitrogens with zero attached hydrogens (tertiary/aromatic N) is 3. The van der Waals surface area contributed by atoms with Crippen LogP contribution in [0.5, 0.6) is 0 Å². The molecule has 8 heteroatoms. The van der Waals surface area contributed by atoms with Gasteiger partial charge in [0.25, 0.3) is 5.56 Å². The van der Waals surface area contributed by atoms with Crippen LogP contribution in [0.2, 0.25) is 0 Å². The van der Waals surface area contributed by atoms with Crippen molar-refractivity contribution in [3.63, 3.8) is 0 Å². The fourth-order valence-corrected chi connectivity index (χ4v) is 4.37. The molecule has 2 heterocycles. The maximum Gasteiger partial charge on any atom is 0.410 e. The van der Waals surface area contributed by atoms with Crippen LogP contribution in [0.4, 0.5) is 4.79 Å². The maximum atomic E-state index is 13.1. The van der Waals surface area contributed by atoms with Gasteiger partial charge in [-0.05, 0) is 46.1 Å². The number of carbonyl (C=O) groups is 2. The number of ether oxygens (including phenoxy) is 1. The Morgan fingerprint density at radius 2 is 1.91 bits per heavy atom. The second-order valence-corrected chi connectivity index (χ2v) is 9.93. The van der Waals surface area contributed by atoms with Gasteiger partial charge in [0.05, 0.1) is 24.0 Å². The maximum absolute atomic E-state index is 13.1. The molecule has 32 heavy (non-hydrogen) atoms. The van der Waals surface area contributed by atoms with Crippen molar-refractivity contribution < 1.29 is 14.3 Å². The first-order chi connectivity index (χ1) is 15.0. The highest BCUT2D eigenvalue weighted by atomic mass is 16.6. The Labute approximate surface area is 188 Å². The second kappa shape index (κ2) is 9.30. The quantitative estimate of drug-likeness (QED) is 0.768. The molecule has 1 aliphatic heterocycles. The van der Waals surface area contributed by atoms with Crippen LogP contribution < -0.4 is 10.9 Å². The molecule has 0 spiro atoms. The molecular formula is C24H34N4O4. The van der Waals surface area contributed by atoms with Gasteiger partial charge >= 0.3 is 6.09 Å². The van der Waals surface area contributed by atoms with E-state index in [0.717, 1.165) is 5.39 Å². The van der Waals surface area contributed by atoms with E-state index in [1.807, 2.05) is 59.7 Å². The highest BCUT2D eigenvalue weighted by Gasteiger charge is 2.44. The van der Waals surface area contributed by atoms with Gasteiger partial charge in [0.2, 0.25) is 5.91 Å². The fraction of sp³-hybridized carbons (Fsp3) is 0.583. The lowest BCUT2D eigenvalue weighted by Gasteiger charge is -2.33. The minimum absolute atomic E-state index is 0.0980. The number of nitrogens with one attached hydrogen (secondary N) is 1. The van der Waals surface area contributed by atoms with Crippen LogP contribution in [-0.2, 0) is 16.1 Å². The van der Waals surface area contributed by atoms with E-state index in [1.165, 1.54) is 4.68 Å². The van der Waals surface area contributed by atoms with Crippen molar-refractivity contribution in [2.24, 2.45) is 11.8 Å². The highest BCUT2D eigenvalue weighted by molar-refractivity contribution is 5.82. The molecule has 1 saturated heterocycles. The number of benzene rings is 1. The summed E-state index contributed by atoms with van der Waals surface area (Å²) >= 11 is 0. The zero-order chi connectivity index (χ0) is 23.6. The minimum Gasteiger partial charge on any atom is -0.444 e. The summed E-state index contributed by atoms with van der Waals surface area (Å²) in [5.74, 6) is -0.344. The number of fused-ring (bicyclic) bond motifs is 1. The molecule has 0 saturated carbocycles. The third-order valence-corrected chi connectivity index (χ3v) is 5.70. The molecular weight excluding hydrogens is 408 g/mol. The average molecular weight is 443 g/mol. The number of aromatic nitrogens is 2. The van der Waals surface area contributed by atoms with Crippen molar-refractivity contribution in [1.29, 1.82) is 0 Å². The molecule has 1 fully saturated rings. The molecule has 2 amide bonds. The summed E-state index contributed by atoms with van der Waals surface area (Å²) in [4.78, 5) is 40.2. The number of likely N-dealkylation sites (tertiary alicyclic amines) is 1. The molecule has 2 aromatic rings. The van der Waals surface area contributed by atoms with E-state index >= 15 is 0 Å². The predicted octanol–water partition coefficient (Wildman–Crippen LogP) is 3.18. The number of hydrogen-bond acceptors (Lipinski definition) is 5. The van der Waals surface area contributed by atoms with Crippen LogP contribution in [0.3, 0.4) is 0 Å². The normalized spacial score (nSPS) is 19.9. The van der Waals surface area contributed by atoms with E-state index in [-0.39, 0.29) is 48.0 Å². The lowest BCUT2D eigenvalue weighted by Crippen LogP contribution is -2.49. The Hall–Kier alpha value is -2.90. The van der Waals surface area contributed by atoms with E-state index < -0.39 is 5.60 Å². The van der Waals surface area contributed by atoms with Gasteiger partial charge < -0.3 is 15.0 Å². The topological polar surface area (TPSA) is 93.5 Å². The standard InChI is InChI=1S/C24H34N4O4/c1-15(2)20-19(11-12-27(20)23(31)32-24(4,5)6)21(29)26-16(3)14-28-22(30)18-10-8-7-9-17(18)13-25-28/h7-10,13,15-16,19-20H,11-12,14H2,1-6H3,(H,26,29)/t16-,19+,20+/m1/s1. The van der Waals surface area contributed by atoms with Crippen LogP contribution in [-0.4, -0.2) is 50.9 Å². The largest absolute Gasteiger partial charge is 0.444 e. The van der Waals surface area contributed by atoms with Crippen molar-refractivity contribution in [2.75, 3.05) is 6.54 Å². The molecule has 1 aromatic heterocycles. The first kappa shape index (κ1) is 23.8. The summed E-state index contributed by atoms with van der Waals surface area (Å²) in [6.45, 7) is 12.1. The summed E-state index contributed by atoms with van der Waals surface area (Å²) < 4.78 is 6.93. The molecule has 0 radical (unpaired) electrons. The SMILES string of the molecule is CC(C)[C@H]1[C@@H](C(=O)N[C@H](C)Cn2ncc3ccccc3c2=O)CCN1C(=O)OC(C)(C)C. The third-order valence-electron chi connectivity index (χ3n) is 5.70. The van der Waals surface area contributed by atoms with Gasteiger partial charge in [-0.15, -0.1) is 0 Å². The molecule has 0 bridgehead atoms. The zero-order valence-electron chi connectivity index (χ0n) is 19.8. The van der Waals surface area contributed by atoms with Crippen molar-refractivity contribution in [3.05, 3.63) is 40.8 Å². The number of amides is 2. The highest BCUT2D eigenvalue weighted by Crippen LogP contribution is 2.31.